The molecule has 0 spiro atoms. The molecule has 5 atom stereocenters. The lowest BCUT2D eigenvalue weighted by atomic mass is 10.0. The first-order valence-corrected chi connectivity index (χ1v) is 46.8. The van der Waals surface area contributed by atoms with E-state index < -0.39 is 97.5 Å². The largest absolute Gasteiger partial charge is 0.472 e. The number of carbonyl (C=O) groups excluding carboxylic acids is 4. The van der Waals surface area contributed by atoms with E-state index >= 15 is 0 Å². The molecule has 0 fully saturated rings. The summed E-state index contributed by atoms with van der Waals surface area (Å²) in [5.41, 5.74) is 0. The molecule has 3 N–H and O–H groups in total. The number of esters is 4. The zero-order valence-corrected chi connectivity index (χ0v) is 70.3. The van der Waals surface area contributed by atoms with E-state index in [-0.39, 0.29) is 25.7 Å². The number of aliphatic hydroxyl groups is 1. The Bertz CT molecular complexity index is 2010. The van der Waals surface area contributed by atoms with Gasteiger partial charge in [0.05, 0.1) is 26.4 Å². The van der Waals surface area contributed by atoms with Crippen LogP contribution in [0, 0.1) is 17.8 Å². The van der Waals surface area contributed by atoms with Crippen LogP contribution in [0.3, 0.4) is 0 Å². The predicted octanol–water partition coefficient (Wildman–Crippen LogP) is 25.7. The lowest BCUT2D eigenvalue weighted by Gasteiger charge is -2.21. The van der Waals surface area contributed by atoms with Gasteiger partial charge in [-0.1, -0.05) is 395 Å². The second-order valence-corrected chi connectivity index (χ2v) is 34.9. The fourth-order valence-corrected chi connectivity index (χ4v) is 14.8. The summed E-state index contributed by atoms with van der Waals surface area (Å²) in [4.78, 5) is 73.0. The van der Waals surface area contributed by atoms with Crippen molar-refractivity contribution in [1.82, 2.24) is 0 Å². The minimum absolute atomic E-state index is 0.107. The number of phosphoric acid groups is 2. The number of unbranched alkanes of at least 4 members (excludes halogenated alkanes) is 51. The topological polar surface area (TPSA) is 237 Å². The van der Waals surface area contributed by atoms with Gasteiger partial charge in [-0.05, 0) is 43.4 Å². The Kier molecular flexibility index (Phi) is 73.7. The number of rotatable bonds is 83. The molecule has 17 nitrogen and oxygen atoms in total. The molecule has 0 saturated carbocycles. The number of ether oxygens (including phenoxy) is 4. The smallest absolute Gasteiger partial charge is 0.462 e. The molecule has 0 aliphatic rings. The number of carbonyl (C=O) groups is 4. The molecule has 0 saturated heterocycles. The van der Waals surface area contributed by atoms with Crippen molar-refractivity contribution in [2.45, 2.75) is 465 Å². The van der Waals surface area contributed by atoms with E-state index in [4.69, 9.17) is 37.0 Å². The molecule has 0 aliphatic heterocycles. The van der Waals surface area contributed by atoms with Crippen LogP contribution in [0.2, 0.25) is 0 Å². The summed E-state index contributed by atoms with van der Waals surface area (Å²) in [6.07, 6.45) is 65.5. The van der Waals surface area contributed by atoms with Crippen LogP contribution < -0.4 is 0 Å². The molecule has 0 radical (unpaired) electrons. The first-order valence-electron chi connectivity index (χ1n) is 43.8. The zero-order chi connectivity index (χ0) is 76.5. The third-order valence-corrected chi connectivity index (χ3v) is 21.8. The molecule has 618 valence electrons. The second-order valence-electron chi connectivity index (χ2n) is 32.0. The van der Waals surface area contributed by atoms with Crippen LogP contribution in [0.25, 0.3) is 0 Å². The van der Waals surface area contributed by atoms with Crippen LogP contribution in [0.4, 0.5) is 0 Å². The van der Waals surface area contributed by atoms with E-state index in [1.807, 2.05) is 0 Å². The average molecular weight is 1520 g/mol. The standard InChI is InChI=1S/C85H166O17P2/c1-8-9-10-11-42-52-59-66-82(87)95-72-80(101-84(89)69-62-55-48-41-35-29-28-32-38-45-51-58-65-78(6)7)74-99-103(91,92)97-70-79(86)71-98-104(93,94)100-75-81(102-85(90)68-61-54-47-40-34-27-23-19-15-13-17-21-25-31-37-44-50-57-64-77(4)5)73-96-83(88)67-60-53-46-39-33-26-22-18-14-12-16-20-24-30-36-43-49-56-63-76(2)3/h76-81,86H,8-75H2,1-7H3,(H,91,92)(H,93,94)/t79-,80+,81+/m0/s1. The highest BCUT2D eigenvalue weighted by Gasteiger charge is 2.30. The van der Waals surface area contributed by atoms with Gasteiger partial charge in [0.25, 0.3) is 0 Å². The van der Waals surface area contributed by atoms with Crippen molar-refractivity contribution in [3.8, 4) is 0 Å². The number of hydrogen-bond acceptors (Lipinski definition) is 15. The first kappa shape index (κ1) is 102. The third-order valence-electron chi connectivity index (χ3n) is 19.9. The Morgan fingerprint density at radius 3 is 0.654 bits per heavy atom. The van der Waals surface area contributed by atoms with Crippen LogP contribution in [-0.2, 0) is 65.4 Å². The summed E-state index contributed by atoms with van der Waals surface area (Å²) in [5, 5.41) is 10.6. The average Bonchev–Trinajstić information content (AvgIpc) is 0.906. The summed E-state index contributed by atoms with van der Waals surface area (Å²) in [5.74, 6) is 0.309. The molecule has 0 rings (SSSR count). The number of aliphatic hydroxyl groups excluding tert-OH is 1. The molecule has 0 heterocycles. The van der Waals surface area contributed by atoms with Crippen LogP contribution in [0.15, 0.2) is 0 Å². The molecule has 0 bridgehead atoms. The van der Waals surface area contributed by atoms with Crippen LogP contribution in [0.1, 0.15) is 447 Å². The van der Waals surface area contributed by atoms with Crippen molar-refractivity contribution in [2.24, 2.45) is 17.8 Å². The Morgan fingerprint density at radius 2 is 0.442 bits per heavy atom. The fourth-order valence-electron chi connectivity index (χ4n) is 13.2. The van der Waals surface area contributed by atoms with Crippen molar-refractivity contribution in [3.05, 3.63) is 0 Å². The second kappa shape index (κ2) is 75.1. The van der Waals surface area contributed by atoms with Gasteiger partial charge < -0.3 is 33.8 Å². The third kappa shape index (κ3) is 78.2. The Hall–Kier alpha value is -1.94. The van der Waals surface area contributed by atoms with Crippen LogP contribution in [-0.4, -0.2) is 96.7 Å². The molecule has 0 aliphatic carbocycles. The van der Waals surface area contributed by atoms with Gasteiger partial charge in [0.15, 0.2) is 12.2 Å². The van der Waals surface area contributed by atoms with Crippen LogP contribution >= 0.6 is 15.6 Å². The van der Waals surface area contributed by atoms with Gasteiger partial charge in [-0.25, -0.2) is 9.13 Å². The Labute approximate surface area is 638 Å². The van der Waals surface area contributed by atoms with Crippen molar-refractivity contribution in [2.75, 3.05) is 39.6 Å². The highest BCUT2D eigenvalue weighted by molar-refractivity contribution is 7.47. The van der Waals surface area contributed by atoms with Gasteiger partial charge in [0.1, 0.15) is 19.3 Å². The van der Waals surface area contributed by atoms with E-state index in [1.165, 1.54) is 244 Å². The van der Waals surface area contributed by atoms with Gasteiger partial charge >= 0.3 is 39.5 Å². The predicted molar refractivity (Wildman–Crippen MR) is 428 cm³/mol. The molecular formula is C85H166O17P2. The molecule has 104 heavy (non-hydrogen) atoms. The number of phosphoric ester groups is 2. The normalized spacial score (nSPS) is 13.9. The molecule has 0 aromatic rings. The van der Waals surface area contributed by atoms with E-state index in [9.17, 15) is 43.2 Å². The molecule has 2 unspecified atom stereocenters. The van der Waals surface area contributed by atoms with E-state index in [2.05, 4.69) is 48.5 Å². The maximum Gasteiger partial charge on any atom is 0.472 e. The quantitative estimate of drug-likeness (QED) is 0.0222. The minimum atomic E-state index is -4.96. The van der Waals surface area contributed by atoms with Crippen molar-refractivity contribution in [1.29, 1.82) is 0 Å². The zero-order valence-electron chi connectivity index (χ0n) is 68.5. The van der Waals surface area contributed by atoms with Gasteiger partial charge in [0, 0.05) is 25.7 Å². The lowest BCUT2D eigenvalue weighted by Crippen LogP contribution is -2.30. The minimum Gasteiger partial charge on any atom is -0.462 e. The SMILES string of the molecule is CCCCCCCCCC(=O)OC[C@H](COP(=O)(O)OC[C@H](O)COP(=O)(O)OC[C@@H](COC(=O)CCCCCCCCCCCCCCCCCCCCC(C)C)OC(=O)CCCCCCCCCCCCCCCCCCCCC(C)C)OC(=O)CCCCCCCCCCCCCCC(C)C. The fraction of sp³-hybridized carbons (Fsp3) is 0.953. The van der Waals surface area contributed by atoms with E-state index in [0.717, 1.165) is 120 Å². The van der Waals surface area contributed by atoms with Crippen molar-refractivity contribution in [3.63, 3.8) is 0 Å². The first-order chi connectivity index (χ1) is 50.2. The van der Waals surface area contributed by atoms with Crippen molar-refractivity contribution < 1.29 is 80.2 Å². The van der Waals surface area contributed by atoms with E-state index in [0.29, 0.717) is 25.7 Å². The molecule has 0 aromatic carbocycles. The van der Waals surface area contributed by atoms with Crippen LogP contribution in [0.5, 0.6) is 0 Å². The summed E-state index contributed by atoms with van der Waals surface area (Å²) in [7, 11) is -9.92. The number of hydrogen-bond donors (Lipinski definition) is 3. The highest BCUT2D eigenvalue weighted by Crippen LogP contribution is 2.45. The Morgan fingerprint density at radius 1 is 0.260 bits per heavy atom. The van der Waals surface area contributed by atoms with Gasteiger partial charge in [0.2, 0.25) is 0 Å². The van der Waals surface area contributed by atoms with E-state index in [1.54, 1.807) is 0 Å². The molecular weight excluding hydrogens is 1350 g/mol. The summed E-state index contributed by atoms with van der Waals surface area (Å²) in [6.45, 7) is 12.0. The van der Waals surface area contributed by atoms with Gasteiger partial charge in [-0.15, -0.1) is 0 Å². The van der Waals surface area contributed by atoms with Gasteiger partial charge in [-0.3, -0.25) is 37.3 Å². The molecule has 19 heteroatoms. The lowest BCUT2D eigenvalue weighted by molar-refractivity contribution is -0.161. The Balaban J connectivity index is 5.16. The molecule has 0 amide bonds. The summed E-state index contributed by atoms with van der Waals surface area (Å²) < 4.78 is 68.7. The maximum atomic E-state index is 13.1. The molecule has 0 aromatic heterocycles. The summed E-state index contributed by atoms with van der Waals surface area (Å²) >= 11 is 0. The summed E-state index contributed by atoms with van der Waals surface area (Å²) in [6, 6.07) is 0. The monoisotopic (exact) mass is 1520 g/mol. The maximum absolute atomic E-state index is 13.1. The highest BCUT2D eigenvalue weighted by atomic mass is 31.2. The van der Waals surface area contributed by atoms with Crippen molar-refractivity contribution >= 4 is 39.5 Å². The van der Waals surface area contributed by atoms with Gasteiger partial charge in [-0.2, -0.15) is 0 Å².